The summed E-state index contributed by atoms with van der Waals surface area (Å²) in [6.07, 6.45) is 23.3. The maximum absolute atomic E-state index is 11.9. The van der Waals surface area contributed by atoms with Gasteiger partial charge in [0, 0.05) is 5.41 Å². The van der Waals surface area contributed by atoms with Crippen LogP contribution in [0.25, 0.3) is 0 Å². The number of aldehydes is 1. The molecule has 0 N–H and O–H groups in total. The zero-order valence-corrected chi connectivity index (χ0v) is 20.5. The van der Waals surface area contributed by atoms with Crippen LogP contribution < -0.4 is 0 Å². The minimum Gasteiger partial charge on any atom is -0.303 e. The van der Waals surface area contributed by atoms with E-state index in [0.717, 1.165) is 31.1 Å². The van der Waals surface area contributed by atoms with Crippen LogP contribution >= 0.6 is 0 Å². The maximum atomic E-state index is 11.9. The molecule has 174 valence electrons. The summed E-state index contributed by atoms with van der Waals surface area (Å²) in [7, 11) is 0. The molecule has 0 bridgehead atoms. The lowest BCUT2D eigenvalue weighted by Gasteiger charge is -2.36. The number of hydrogen-bond acceptors (Lipinski definition) is 1. The molecule has 0 amide bonds. The lowest BCUT2D eigenvalue weighted by Crippen LogP contribution is -2.28. The van der Waals surface area contributed by atoms with Crippen LogP contribution in [0.1, 0.15) is 134 Å². The van der Waals surface area contributed by atoms with Crippen LogP contribution in [-0.2, 0) is 11.2 Å². The van der Waals surface area contributed by atoms with Crippen molar-refractivity contribution in [2.45, 2.75) is 129 Å². The predicted molar refractivity (Wildman–Crippen MR) is 134 cm³/mol. The molecule has 0 atom stereocenters. The molecule has 0 aliphatic heterocycles. The Balaban J connectivity index is 1.40. The van der Waals surface area contributed by atoms with Crippen LogP contribution in [-0.4, -0.2) is 6.29 Å². The van der Waals surface area contributed by atoms with Gasteiger partial charge in [-0.05, 0) is 73.8 Å². The first kappa shape index (κ1) is 24.5. The van der Waals surface area contributed by atoms with Crippen LogP contribution in [0.4, 0.5) is 0 Å². The molecule has 0 unspecified atom stereocenters. The summed E-state index contributed by atoms with van der Waals surface area (Å²) in [4.78, 5) is 11.9. The molecule has 31 heavy (non-hydrogen) atoms. The Hall–Kier alpha value is -1.11. The van der Waals surface area contributed by atoms with Crippen molar-refractivity contribution in [1.29, 1.82) is 0 Å². The largest absolute Gasteiger partial charge is 0.303 e. The van der Waals surface area contributed by atoms with Gasteiger partial charge in [0.25, 0.3) is 0 Å². The SMILES string of the molecule is CCCCCCCC1(C=O)CCC(c2ccc(CCC3CCC(CC)CC3)cc2)CC1. The summed E-state index contributed by atoms with van der Waals surface area (Å²) >= 11 is 0. The van der Waals surface area contributed by atoms with Crippen LogP contribution in [0, 0.1) is 17.3 Å². The van der Waals surface area contributed by atoms with Crippen molar-refractivity contribution in [3.63, 3.8) is 0 Å². The molecular weight excluding hydrogens is 376 g/mol. The maximum Gasteiger partial charge on any atom is 0.126 e. The predicted octanol–water partition coefficient (Wildman–Crippen LogP) is 9.04. The first-order valence-electron chi connectivity index (χ1n) is 13.7. The van der Waals surface area contributed by atoms with Crippen molar-refractivity contribution in [2.24, 2.45) is 17.3 Å². The second-order valence-corrected chi connectivity index (χ2v) is 11.0. The molecule has 0 spiro atoms. The molecule has 3 rings (SSSR count). The highest BCUT2D eigenvalue weighted by Crippen LogP contribution is 2.45. The zero-order valence-electron chi connectivity index (χ0n) is 20.5. The third-order valence-electron chi connectivity index (χ3n) is 8.85. The van der Waals surface area contributed by atoms with E-state index >= 15 is 0 Å². The average molecular weight is 425 g/mol. The molecule has 0 aromatic heterocycles. The second-order valence-electron chi connectivity index (χ2n) is 11.0. The van der Waals surface area contributed by atoms with Crippen molar-refractivity contribution in [3.05, 3.63) is 35.4 Å². The summed E-state index contributed by atoms with van der Waals surface area (Å²) in [5.41, 5.74) is 3.01. The monoisotopic (exact) mass is 424 g/mol. The summed E-state index contributed by atoms with van der Waals surface area (Å²) in [6, 6.07) is 9.57. The molecule has 1 aromatic rings. The number of benzene rings is 1. The Labute approximate surface area is 192 Å². The fourth-order valence-corrected chi connectivity index (χ4v) is 6.29. The normalized spacial score (nSPS) is 29.0. The number of aryl methyl sites for hydroxylation is 1. The highest BCUT2D eigenvalue weighted by atomic mass is 16.1. The Morgan fingerprint density at radius 2 is 1.48 bits per heavy atom. The van der Waals surface area contributed by atoms with E-state index in [1.807, 2.05) is 0 Å². The van der Waals surface area contributed by atoms with Crippen molar-refractivity contribution in [1.82, 2.24) is 0 Å². The van der Waals surface area contributed by atoms with Gasteiger partial charge in [-0.1, -0.05) is 102 Å². The lowest BCUT2D eigenvalue weighted by molar-refractivity contribution is -0.118. The molecule has 2 aliphatic carbocycles. The number of carbonyl (C=O) groups is 1. The molecule has 2 saturated carbocycles. The minimum atomic E-state index is -0.0144. The molecule has 2 fully saturated rings. The van der Waals surface area contributed by atoms with Gasteiger partial charge >= 0.3 is 0 Å². The highest BCUT2D eigenvalue weighted by molar-refractivity contribution is 5.59. The molecule has 1 aromatic carbocycles. The topological polar surface area (TPSA) is 17.1 Å². The van der Waals surface area contributed by atoms with Gasteiger partial charge in [0.05, 0.1) is 0 Å². The Morgan fingerprint density at radius 1 is 0.839 bits per heavy atom. The van der Waals surface area contributed by atoms with Gasteiger partial charge in [-0.25, -0.2) is 0 Å². The van der Waals surface area contributed by atoms with E-state index < -0.39 is 0 Å². The molecule has 1 nitrogen and oxygen atoms in total. The summed E-state index contributed by atoms with van der Waals surface area (Å²) in [5.74, 6) is 2.62. The lowest BCUT2D eigenvalue weighted by atomic mass is 9.67. The fourth-order valence-electron chi connectivity index (χ4n) is 6.29. The Kier molecular flexibility index (Phi) is 10.1. The standard InChI is InChI=1S/C30H48O/c1-3-5-6-7-8-21-30(24-31)22-19-29(20-23-30)28-17-15-27(16-18-28)14-13-26-11-9-25(4-2)10-12-26/h15-18,24-26,29H,3-14,19-23H2,1-2H3. The Morgan fingerprint density at radius 3 is 2.10 bits per heavy atom. The van der Waals surface area contributed by atoms with Gasteiger partial charge in [0.1, 0.15) is 6.29 Å². The number of unbranched alkanes of at least 4 members (excludes halogenated alkanes) is 4. The summed E-state index contributed by atoms with van der Waals surface area (Å²) < 4.78 is 0. The first-order valence-corrected chi connectivity index (χ1v) is 13.7. The molecular formula is C30H48O. The van der Waals surface area contributed by atoms with E-state index in [1.165, 1.54) is 107 Å². The van der Waals surface area contributed by atoms with E-state index in [2.05, 4.69) is 38.1 Å². The quantitative estimate of drug-likeness (QED) is 0.241. The molecule has 0 heterocycles. The number of hydrogen-bond donors (Lipinski definition) is 0. The van der Waals surface area contributed by atoms with Gasteiger partial charge in [0.15, 0.2) is 0 Å². The van der Waals surface area contributed by atoms with E-state index in [1.54, 1.807) is 0 Å². The number of rotatable bonds is 12. The van der Waals surface area contributed by atoms with Crippen molar-refractivity contribution in [3.8, 4) is 0 Å². The van der Waals surface area contributed by atoms with Crippen molar-refractivity contribution < 1.29 is 4.79 Å². The summed E-state index contributed by atoms with van der Waals surface area (Å²) in [5, 5.41) is 0. The van der Waals surface area contributed by atoms with Gasteiger partial charge in [-0.15, -0.1) is 0 Å². The minimum absolute atomic E-state index is 0.0144. The van der Waals surface area contributed by atoms with E-state index in [-0.39, 0.29) is 5.41 Å². The fraction of sp³-hybridized carbons (Fsp3) is 0.767. The van der Waals surface area contributed by atoms with Crippen LogP contribution in [0.3, 0.4) is 0 Å². The van der Waals surface area contributed by atoms with Crippen molar-refractivity contribution in [2.75, 3.05) is 0 Å². The number of carbonyl (C=O) groups excluding carboxylic acids is 1. The average Bonchev–Trinajstić information content (AvgIpc) is 2.84. The smallest absolute Gasteiger partial charge is 0.126 e. The third kappa shape index (κ3) is 7.47. The molecule has 2 aliphatic rings. The Bertz CT molecular complexity index is 614. The molecule has 0 radical (unpaired) electrons. The third-order valence-corrected chi connectivity index (χ3v) is 8.85. The van der Waals surface area contributed by atoms with Gasteiger partial charge < -0.3 is 4.79 Å². The van der Waals surface area contributed by atoms with E-state index in [0.29, 0.717) is 5.92 Å². The van der Waals surface area contributed by atoms with Crippen LogP contribution in [0.2, 0.25) is 0 Å². The van der Waals surface area contributed by atoms with Gasteiger partial charge in [0.2, 0.25) is 0 Å². The second kappa shape index (κ2) is 12.8. The van der Waals surface area contributed by atoms with Crippen LogP contribution in [0.15, 0.2) is 24.3 Å². The molecule has 1 heteroatoms. The van der Waals surface area contributed by atoms with Crippen LogP contribution in [0.5, 0.6) is 0 Å². The van der Waals surface area contributed by atoms with E-state index in [9.17, 15) is 4.79 Å². The van der Waals surface area contributed by atoms with Crippen molar-refractivity contribution >= 4 is 6.29 Å². The van der Waals surface area contributed by atoms with E-state index in [4.69, 9.17) is 0 Å². The highest BCUT2D eigenvalue weighted by Gasteiger charge is 2.35. The first-order chi connectivity index (χ1) is 15.2. The summed E-state index contributed by atoms with van der Waals surface area (Å²) in [6.45, 7) is 4.62. The molecule has 0 saturated heterocycles. The van der Waals surface area contributed by atoms with Gasteiger partial charge in [-0.3, -0.25) is 0 Å². The zero-order chi connectivity index (χ0) is 21.9. The van der Waals surface area contributed by atoms with Gasteiger partial charge in [-0.2, -0.15) is 0 Å².